The third-order valence-corrected chi connectivity index (χ3v) is 5.22. The summed E-state index contributed by atoms with van der Waals surface area (Å²) in [5, 5.41) is 3.72. The number of nitrogens with zero attached hydrogens (tertiary/aromatic N) is 1. The lowest BCUT2D eigenvalue weighted by molar-refractivity contribution is 0.112. The highest BCUT2D eigenvalue weighted by Crippen LogP contribution is 2.31. The molecule has 0 bridgehead atoms. The van der Waals surface area contributed by atoms with E-state index < -0.39 is 0 Å². The molecular formula is C18H28N2. The molecule has 110 valence electrons. The molecule has 1 N–H and O–H groups in total. The topological polar surface area (TPSA) is 15.3 Å². The smallest absolute Gasteiger partial charge is 0.0473 e. The van der Waals surface area contributed by atoms with Gasteiger partial charge in [0.25, 0.3) is 0 Å². The predicted molar refractivity (Wildman–Crippen MR) is 84.8 cm³/mol. The minimum absolute atomic E-state index is 0.569. The molecule has 2 unspecified atom stereocenters. The average molecular weight is 272 g/mol. The SMILES string of the molecule is CCC1CN(CCC2CCC2)C(c2ccccc2)CN1. The molecule has 3 rings (SSSR count). The molecule has 1 aromatic rings. The number of hydrogen-bond donors (Lipinski definition) is 1. The van der Waals surface area contributed by atoms with Crippen molar-refractivity contribution in [1.82, 2.24) is 10.2 Å². The van der Waals surface area contributed by atoms with Gasteiger partial charge in [-0.2, -0.15) is 0 Å². The van der Waals surface area contributed by atoms with E-state index in [1.165, 1.54) is 50.8 Å². The van der Waals surface area contributed by atoms with Crippen molar-refractivity contribution in [1.29, 1.82) is 0 Å². The molecule has 0 spiro atoms. The third kappa shape index (κ3) is 3.24. The normalized spacial score (nSPS) is 28.2. The number of rotatable bonds is 5. The van der Waals surface area contributed by atoms with Crippen molar-refractivity contribution in [3.05, 3.63) is 35.9 Å². The molecule has 1 aliphatic heterocycles. The molecular weight excluding hydrogens is 244 g/mol. The van der Waals surface area contributed by atoms with Gasteiger partial charge in [0.05, 0.1) is 0 Å². The van der Waals surface area contributed by atoms with E-state index in [9.17, 15) is 0 Å². The second kappa shape index (κ2) is 6.73. The summed E-state index contributed by atoms with van der Waals surface area (Å²) >= 11 is 0. The molecule has 0 amide bonds. The second-order valence-electron chi connectivity index (χ2n) is 6.52. The first-order valence-corrected chi connectivity index (χ1v) is 8.39. The van der Waals surface area contributed by atoms with Crippen molar-refractivity contribution in [3.63, 3.8) is 0 Å². The molecule has 2 aliphatic rings. The van der Waals surface area contributed by atoms with E-state index in [0.29, 0.717) is 12.1 Å². The van der Waals surface area contributed by atoms with Crippen LogP contribution in [0, 0.1) is 5.92 Å². The quantitative estimate of drug-likeness (QED) is 0.881. The van der Waals surface area contributed by atoms with E-state index in [2.05, 4.69) is 47.5 Å². The Bertz CT molecular complexity index is 399. The van der Waals surface area contributed by atoms with Gasteiger partial charge in [-0.05, 0) is 30.9 Å². The number of nitrogens with one attached hydrogen (secondary N) is 1. The highest BCUT2D eigenvalue weighted by atomic mass is 15.2. The Kier molecular flexibility index (Phi) is 4.74. The summed E-state index contributed by atoms with van der Waals surface area (Å²) in [6.07, 6.45) is 7.05. The Morgan fingerprint density at radius 2 is 2.00 bits per heavy atom. The van der Waals surface area contributed by atoms with Gasteiger partial charge < -0.3 is 5.32 Å². The van der Waals surface area contributed by atoms with Crippen LogP contribution in [0.4, 0.5) is 0 Å². The maximum Gasteiger partial charge on any atom is 0.0473 e. The minimum Gasteiger partial charge on any atom is -0.311 e. The molecule has 0 radical (unpaired) electrons. The number of piperazine rings is 1. The zero-order chi connectivity index (χ0) is 13.8. The van der Waals surface area contributed by atoms with Crippen molar-refractivity contribution in [3.8, 4) is 0 Å². The molecule has 2 fully saturated rings. The van der Waals surface area contributed by atoms with Gasteiger partial charge >= 0.3 is 0 Å². The lowest BCUT2D eigenvalue weighted by Gasteiger charge is -2.41. The highest BCUT2D eigenvalue weighted by Gasteiger charge is 2.29. The summed E-state index contributed by atoms with van der Waals surface area (Å²) in [6, 6.07) is 12.3. The van der Waals surface area contributed by atoms with Crippen LogP contribution in [0.5, 0.6) is 0 Å². The monoisotopic (exact) mass is 272 g/mol. The fourth-order valence-electron chi connectivity index (χ4n) is 3.54. The second-order valence-corrected chi connectivity index (χ2v) is 6.52. The van der Waals surface area contributed by atoms with Gasteiger partial charge in [0, 0.05) is 25.2 Å². The maximum absolute atomic E-state index is 3.72. The lowest BCUT2D eigenvalue weighted by atomic mass is 9.82. The van der Waals surface area contributed by atoms with E-state index in [1.54, 1.807) is 0 Å². The Labute approximate surface area is 123 Å². The largest absolute Gasteiger partial charge is 0.311 e. The van der Waals surface area contributed by atoms with Crippen LogP contribution in [0.3, 0.4) is 0 Å². The maximum atomic E-state index is 3.72. The molecule has 1 saturated heterocycles. The summed E-state index contributed by atoms with van der Waals surface area (Å²) in [5.41, 5.74) is 1.48. The van der Waals surface area contributed by atoms with Crippen LogP contribution in [-0.2, 0) is 0 Å². The highest BCUT2D eigenvalue weighted by molar-refractivity contribution is 5.20. The van der Waals surface area contributed by atoms with Gasteiger partial charge in [-0.3, -0.25) is 4.90 Å². The van der Waals surface area contributed by atoms with Crippen LogP contribution in [0.2, 0.25) is 0 Å². The predicted octanol–water partition coefficient (Wildman–Crippen LogP) is 3.60. The van der Waals surface area contributed by atoms with Crippen LogP contribution in [0.25, 0.3) is 0 Å². The first kappa shape index (κ1) is 14.1. The van der Waals surface area contributed by atoms with Gasteiger partial charge in [-0.1, -0.05) is 56.5 Å². The van der Waals surface area contributed by atoms with E-state index in [-0.39, 0.29) is 0 Å². The Balaban J connectivity index is 1.65. The minimum atomic E-state index is 0.569. The molecule has 1 aromatic carbocycles. The standard InChI is InChI=1S/C18H28N2/c1-2-17-14-20(12-11-15-7-6-8-15)18(13-19-17)16-9-4-3-5-10-16/h3-5,9-10,15,17-19H,2,6-8,11-14H2,1H3. The number of hydrogen-bond acceptors (Lipinski definition) is 2. The summed E-state index contributed by atoms with van der Waals surface area (Å²) in [5.74, 6) is 1.02. The van der Waals surface area contributed by atoms with Crippen molar-refractivity contribution >= 4 is 0 Å². The average Bonchev–Trinajstić information content (AvgIpc) is 2.46. The van der Waals surface area contributed by atoms with Gasteiger partial charge in [-0.15, -0.1) is 0 Å². The van der Waals surface area contributed by atoms with Crippen LogP contribution in [0.15, 0.2) is 30.3 Å². The van der Waals surface area contributed by atoms with Crippen molar-refractivity contribution in [2.45, 2.75) is 51.1 Å². The van der Waals surface area contributed by atoms with E-state index in [4.69, 9.17) is 0 Å². The molecule has 20 heavy (non-hydrogen) atoms. The van der Waals surface area contributed by atoms with Gasteiger partial charge in [-0.25, -0.2) is 0 Å². The number of benzene rings is 1. The molecule has 2 heteroatoms. The van der Waals surface area contributed by atoms with E-state index in [0.717, 1.165) is 12.5 Å². The fraction of sp³-hybridized carbons (Fsp3) is 0.667. The van der Waals surface area contributed by atoms with Crippen molar-refractivity contribution < 1.29 is 0 Å². The summed E-state index contributed by atoms with van der Waals surface area (Å²) in [4.78, 5) is 2.73. The summed E-state index contributed by atoms with van der Waals surface area (Å²) in [6.45, 7) is 5.89. The van der Waals surface area contributed by atoms with Gasteiger partial charge in [0.2, 0.25) is 0 Å². The van der Waals surface area contributed by atoms with Crippen LogP contribution >= 0.6 is 0 Å². The Hall–Kier alpha value is -0.860. The molecule has 1 heterocycles. The first-order valence-electron chi connectivity index (χ1n) is 8.39. The molecule has 1 aliphatic carbocycles. The van der Waals surface area contributed by atoms with Gasteiger partial charge in [0.1, 0.15) is 0 Å². The molecule has 1 saturated carbocycles. The van der Waals surface area contributed by atoms with Crippen LogP contribution in [0.1, 0.15) is 50.6 Å². The van der Waals surface area contributed by atoms with Crippen molar-refractivity contribution in [2.75, 3.05) is 19.6 Å². The zero-order valence-electron chi connectivity index (χ0n) is 12.7. The fourth-order valence-corrected chi connectivity index (χ4v) is 3.54. The Morgan fingerprint density at radius 3 is 2.65 bits per heavy atom. The van der Waals surface area contributed by atoms with E-state index >= 15 is 0 Å². The lowest BCUT2D eigenvalue weighted by Crippen LogP contribution is -2.52. The van der Waals surface area contributed by atoms with Crippen LogP contribution in [-0.4, -0.2) is 30.6 Å². The first-order chi connectivity index (χ1) is 9.86. The van der Waals surface area contributed by atoms with Gasteiger partial charge in [0.15, 0.2) is 0 Å². The van der Waals surface area contributed by atoms with E-state index in [1.807, 2.05) is 0 Å². The summed E-state index contributed by atoms with van der Waals surface area (Å²) < 4.78 is 0. The summed E-state index contributed by atoms with van der Waals surface area (Å²) in [7, 11) is 0. The third-order valence-electron chi connectivity index (χ3n) is 5.22. The van der Waals surface area contributed by atoms with Crippen LogP contribution < -0.4 is 5.32 Å². The van der Waals surface area contributed by atoms with Crippen molar-refractivity contribution in [2.24, 2.45) is 5.92 Å². The molecule has 2 atom stereocenters. The Morgan fingerprint density at radius 1 is 1.20 bits per heavy atom. The zero-order valence-corrected chi connectivity index (χ0v) is 12.7. The molecule has 0 aromatic heterocycles. The molecule has 2 nitrogen and oxygen atoms in total.